The molecule has 7 nitrogen and oxygen atoms in total. The van der Waals surface area contributed by atoms with Gasteiger partial charge in [-0.05, 0) is 28.6 Å². The molecule has 0 amide bonds. The number of aromatic nitrogens is 4. The maximum absolute atomic E-state index is 12.7. The molecule has 114 valence electrons. The lowest BCUT2D eigenvalue weighted by molar-refractivity contribution is -0.142. The number of carbonyl (C=O) groups excluding carboxylic acids is 1. The molecule has 0 aliphatic heterocycles. The number of hydrogen-bond acceptors (Lipinski definition) is 6. The van der Waals surface area contributed by atoms with Crippen LogP contribution in [0.1, 0.15) is 23.9 Å². The van der Waals surface area contributed by atoms with Gasteiger partial charge in [-0.1, -0.05) is 0 Å². The first-order valence-electron chi connectivity index (χ1n) is 5.85. The largest absolute Gasteiger partial charge is 0.458 e. The molecule has 0 unspecified atom stereocenters. The van der Waals surface area contributed by atoms with Crippen molar-refractivity contribution in [3.05, 3.63) is 35.2 Å². The van der Waals surface area contributed by atoms with Crippen molar-refractivity contribution >= 4 is 5.97 Å². The van der Waals surface area contributed by atoms with E-state index in [9.17, 15) is 18.0 Å². The molecule has 0 aliphatic carbocycles. The van der Waals surface area contributed by atoms with Crippen LogP contribution in [0.2, 0.25) is 0 Å². The molecule has 0 bridgehead atoms. The summed E-state index contributed by atoms with van der Waals surface area (Å²) in [5, 5.41) is 19.5. The van der Waals surface area contributed by atoms with Crippen LogP contribution in [0.15, 0.2) is 18.2 Å². The standard InChI is InChI=1S/C12H8F3N5O2/c1-7(21)22-6-11-17-18-19-20(11)9-2-3-10(12(13,14)15)8(4-9)5-16/h2-4H,6H2,1H3. The number of hydrogen-bond donors (Lipinski definition) is 0. The van der Waals surface area contributed by atoms with Crippen LogP contribution in [-0.4, -0.2) is 26.2 Å². The first-order valence-corrected chi connectivity index (χ1v) is 5.85. The van der Waals surface area contributed by atoms with Gasteiger partial charge in [0.1, 0.15) is 0 Å². The molecule has 22 heavy (non-hydrogen) atoms. The van der Waals surface area contributed by atoms with E-state index in [0.717, 1.165) is 22.9 Å². The Morgan fingerprint density at radius 2 is 2.18 bits per heavy atom. The minimum atomic E-state index is -4.63. The number of esters is 1. The number of alkyl halides is 3. The number of ether oxygens (including phenoxy) is 1. The van der Waals surface area contributed by atoms with Crippen LogP contribution in [0.3, 0.4) is 0 Å². The van der Waals surface area contributed by atoms with E-state index in [-0.39, 0.29) is 18.1 Å². The Morgan fingerprint density at radius 3 is 2.77 bits per heavy atom. The smallest absolute Gasteiger partial charge is 0.417 e. The van der Waals surface area contributed by atoms with Crippen LogP contribution < -0.4 is 0 Å². The average molecular weight is 311 g/mol. The summed E-state index contributed by atoms with van der Waals surface area (Å²) in [6, 6.07) is 4.39. The Hall–Kier alpha value is -2.96. The highest BCUT2D eigenvalue weighted by Gasteiger charge is 2.33. The summed E-state index contributed by atoms with van der Waals surface area (Å²) in [4.78, 5) is 10.8. The minimum Gasteiger partial charge on any atom is -0.458 e. The van der Waals surface area contributed by atoms with Crippen LogP contribution in [0.25, 0.3) is 5.69 Å². The lowest BCUT2D eigenvalue weighted by Crippen LogP contribution is -2.11. The van der Waals surface area contributed by atoms with Crippen molar-refractivity contribution in [2.24, 2.45) is 0 Å². The molecule has 1 heterocycles. The summed E-state index contributed by atoms with van der Waals surface area (Å²) < 4.78 is 44.1. The highest BCUT2D eigenvalue weighted by atomic mass is 19.4. The van der Waals surface area contributed by atoms with E-state index < -0.39 is 23.3 Å². The first kappa shape index (κ1) is 15.4. The predicted octanol–water partition coefficient (Wildman–Crippen LogP) is 1.62. The lowest BCUT2D eigenvalue weighted by Gasteiger charge is -2.10. The van der Waals surface area contributed by atoms with Gasteiger partial charge in [-0.3, -0.25) is 4.79 Å². The van der Waals surface area contributed by atoms with E-state index in [1.165, 1.54) is 13.0 Å². The van der Waals surface area contributed by atoms with Crippen molar-refractivity contribution < 1.29 is 22.7 Å². The van der Waals surface area contributed by atoms with Gasteiger partial charge >= 0.3 is 12.1 Å². The van der Waals surface area contributed by atoms with Gasteiger partial charge in [0.25, 0.3) is 0 Å². The summed E-state index contributed by atoms with van der Waals surface area (Å²) in [6.45, 7) is 0.950. The third-order valence-corrected chi connectivity index (χ3v) is 2.61. The average Bonchev–Trinajstić information content (AvgIpc) is 2.91. The highest BCUT2D eigenvalue weighted by Crippen LogP contribution is 2.32. The van der Waals surface area contributed by atoms with Gasteiger partial charge in [-0.15, -0.1) is 5.10 Å². The van der Waals surface area contributed by atoms with E-state index in [1.54, 1.807) is 0 Å². The topological polar surface area (TPSA) is 93.7 Å². The monoisotopic (exact) mass is 311 g/mol. The van der Waals surface area contributed by atoms with Gasteiger partial charge in [0.2, 0.25) is 0 Å². The van der Waals surface area contributed by atoms with Crippen molar-refractivity contribution in [1.29, 1.82) is 5.26 Å². The zero-order valence-corrected chi connectivity index (χ0v) is 11.1. The van der Waals surface area contributed by atoms with Crippen LogP contribution in [0.4, 0.5) is 13.2 Å². The molecule has 0 atom stereocenters. The van der Waals surface area contributed by atoms with E-state index in [1.807, 2.05) is 0 Å². The molecule has 1 aromatic carbocycles. The number of nitriles is 1. The van der Waals surface area contributed by atoms with Crippen LogP contribution in [-0.2, 0) is 22.3 Å². The number of nitrogens with zero attached hydrogens (tertiary/aromatic N) is 5. The van der Waals surface area contributed by atoms with Gasteiger partial charge in [-0.2, -0.15) is 23.1 Å². The highest BCUT2D eigenvalue weighted by molar-refractivity contribution is 5.65. The van der Waals surface area contributed by atoms with Crippen molar-refractivity contribution in [3.8, 4) is 11.8 Å². The molecule has 2 rings (SSSR count). The number of benzene rings is 1. The summed E-state index contributed by atoms with van der Waals surface area (Å²) >= 11 is 0. The van der Waals surface area contributed by atoms with Gasteiger partial charge < -0.3 is 4.74 Å². The van der Waals surface area contributed by atoms with Crippen molar-refractivity contribution in [1.82, 2.24) is 20.2 Å². The van der Waals surface area contributed by atoms with E-state index in [4.69, 9.17) is 10.00 Å². The Balaban J connectivity index is 2.41. The second-order valence-corrected chi connectivity index (χ2v) is 4.13. The summed E-state index contributed by atoms with van der Waals surface area (Å²) in [7, 11) is 0. The Labute approximate surface area is 121 Å². The molecule has 0 saturated carbocycles. The van der Waals surface area contributed by atoms with Gasteiger partial charge in [0, 0.05) is 6.92 Å². The fourth-order valence-corrected chi connectivity index (χ4v) is 1.67. The molecule has 0 fully saturated rings. The maximum Gasteiger partial charge on any atom is 0.417 e. The zero-order valence-electron chi connectivity index (χ0n) is 11.1. The van der Waals surface area contributed by atoms with Crippen molar-refractivity contribution in [2.45, 2.75) is 19.7 Å². The molecule has 0 radical (unpaired) electrons. The molecule has 0 spiro atoms. The van der Waals surface area contributed by atoms with Gasteiger partial charge in [-0.25, -0.2) is 0 Å². The normalized spacial score (nSPS) is 11.0. The Morgan fingerprint density at radius 1 is 1.45 bits per heavy atom. The second kappa shape index (κ2) is 5.80. The second-order valence-electron chi connectivity index (χ2n) is 4.13. The molecular weight excluding hydrogens is 303 g/mol. The van der Waals surface area contributed by atoms with Gasteiger partial charge in [0.15, 0.2) is 12.4 Å². The van der Waals surface area contributed by atoms with E-state index in [0.29, 0.717) is 0 Å². The molecule has 10 heteroatoms. The van der Waals surface area contributed by atoms with Crippen LogP contribution in [0, 0.1) is 11.3 Å². The quantitative estimate of drug-likeness (QED) is 0.799. The predicted molar refractivity (Wildman–Crippen MR) is 64.3 cm³/mol. The van der Waals surface area contributed by atoms with Crippen molar-refractivity contribution in [2.75, 3.05) is 0 Å². The molecule has 2 aromatic rings. The lowest BCUT2D eigenvalue weighted by atomic mass is 10.1. The summed E-state index contributed by atoms with van der Waals surface area (Å²) in [5.74, 6) is -0.446. The number of tetrazole rings is 1. The summed E-state index contributed by atoms with van der Waals surface area (Å²) in [5.41, 5.74) is -1.45. The first-order chi connectivity index (χ1) is 10.3. The van der Waals surface area contributed by atoms with E-state index >= 15 is 0 Å². The fraction of sp³-hybridized carbons (Fsp3) is 0.250. The van der Waals surface area contributed by atoms with Crippen LogP contribution in [0.5, 0.6) is 0 Å². The fourth-order valence-electron chi connectivity index (χ4n) is 1.67. The third kappa shape index (κ3) is 3.20. The number of halogens is 3. The molecule has 1 aromatic heterocycles. The SMILES string of the molecule is CC(=O)OCc1nnnn1-c1ccc(C(F)(F)F)c(C#N)c1. The van der Waals surface area contributed by atoms with E-state index in [2.05, 4.69) is 15.5 Å². The third-order valence-electron chi connectivity index (χ3n) is 2.61. The van der Waals surface area contributed by atoms with Crippen LogP contribution >= 0.6 is 0 Å². The molecule has 0 aliphatic rings. The Bertz CT molecular complexity index is 748. The van der Waals surface area contributed by atoms with Gasteiger partial charge in [0.05, 0.1) is 22.9 Å². The Kier molecular flexibility index (Phi) is 4.07. The number of carbonyl (C=O) groups is 1. The molecule has 0 N–H and O–H groups in total. The molecular formula is C12H8F3N5O2. The molecule has 0 saturated heterocycles. The minimum absolute atomic E-state index is 0.110. The van der Waals surface area contributed by atoms with Crippen molar-refractivity contribution in [3.63, 3.8) is 0 Å². The zero-order chi connectivity index (χ0) is 16.3. The number of rotatable bonds is 3. The maximum atomic E-state index is 12.7. The summed E-state index contributed by atoms with van der Waals surface area (Å²) in [6.07, 6.45) is -4.63.